The summed E-state index contributed by atoms with van der Waals surface area (Å²) < 4.78 is 7.40. The van der Waals surface area contributed by atoms with E-state index in [1.165, 1.54) is 17.5 Å². The summed E-state index contributed by atoms with van der Waals surface area (Å²) in [6.07, 6.45) is 2.24. The number of fused-ring (bicyclic) bond motifs is 1. The molecule has 1 aliphatic heterocycles. The third-order valence-corrected chi connectivity index (χ3v) is 6.26. The van der Waals surface area contributed by atoms with E-state index in [2.05, 4.69) is 45.1 Å². The zero-order valence-electron chi connectivity index (χ0n) is 14.0. The molecule has 0 bridgehead atoms. The maximum absolute atomic E-state index is 6.50. The van der Waals surface area contributed by atoms with Crippen LogP contribution in [0.3, 0.4) is 0 Å². The molecule has 0 radical (unpaired) electrons. The van der Waals surface area contributed by atoms with Gasteiger partial charge in [-0.1, -0.05) is 35.9 Å². The van der Waals surface area contributed by atoms with E-state index >= 15 is 0 Å². The van der Waals surface area contributed by atoms with Gasteiger partial charge in [-0.15, -0.1) is 0 Å². The lowest BCUT2D eigenvalue weighted by Crippen LogP contribution is -2.39. The minimum absolute atomic E-state index is 0.0326. The van der Waals surface area contributed by atoms with Gasteiger partial charge in [0.25, 0.3) is 0 Å². The lowest BCUT2D eigenvalue weighted by atomic mass is 10.1. The molecule has 1 heterocycles. The van der Waals surface area contributed by atoms with E-state index in [1.807, 2.05) is 18.2 Å². The highest BCUT2D eigenvalue weighted by atomic mass is 79.9. The number of ether oxygens (including phenoxy) is 1. The molecule has 2 aliphatic rings. The molecule has 0 saturated carbocycles. The van der Waals surface area contributed by atoms with Gasteiger partial charge in [0.15, 0.2) is 0 Å². The fourth-order valence-electron chi connectivity index (χ4n) is 4.06. The Hall–Kier alpha value is -1.07. The molecule has 1 saturated heterocycles. The molecule has 3 atom stereocenters. The summed E-state index contributed by atoms with van der Waals surface area (Å²) >= 11 is 9.65. The Balaban J connectivity index is 1.63. The Morgan fingerprint density at radius 3 is 2.84 bits per heavy atom. The van der Waals surface area contributed by atoms with Crippen LogP contribution in [0.2, 0.25) is 5.02 Å². The van der Waals surface area contributed by atoms with Gasteiger partial charge >= 0.3 is 0 Å². The lowest BCUT2D eigenvalue weighted by Gasteiger charge is -2.30. The normalized spacial score (nSPS) is 26.0. The van der Waals surface area contributed by atoms with E-state index in [-0.39, 0.29) is 6.10 Å². The summed E-state index contributed by atoms with van der Waals surface area (Å²) in [6, 6.07) is 14.7. The Kier molecular flexibility index (Phi) is 5.05. The van der Waals surface area contributed by atoms with Crippen molar-refractivity contribution in [3.8, 4) is 5.75 Å². The maximum atomic E-state index is 6.50. The van der Waals surface area contributed by atoms with Crippen LogP contribution in [-0.2, 0) is 6.42 Å². The minimum Gasteiger partial charge on any atom is -0.483 e. The van der Waals surface area contributed by atoms with Crippen molar-refractivity contribution in [3.05, 3.63) is 63.1 Å². The lowest BCUT2D eigenvalue weighted by molar-refractivity contribution is 0.0911. The second-order valence-electron chi connectivity index (χ2n) is 6.97. The minimum atomic E-state index is 0.0326. The van der Waals surface area contributed by atoms with Crippen LogP contribution in [0, 0.1) is 5.92 Å². The number of halogens is 2. The number of rotatable bonds is 4. The van der Waals surface area contributed by atoms with Crippen molar-refractivity contribution in [1.29, 1.82) is 0 Å². The SMILES string of the molecule is NC[C@H]1CCN([C@@H]2Cc3ccccc3C2Oc2ccc(Cl)cc2Br)C1. The highest BCUT2D eigenvalue weighted by Gasteiger charge is 2.40. The number of benzene rings is 2. The van der Waals surface area contributed by atoms with Crippen molar-refractivity contribution >= 4 is 27.5 Å². The molecule has 1 aliphatic carbocycles. The first-order valence-corrected chi connectivity index (χ1v) is 9.96. The standard InChI is InChI=1S/C20H22BrClN2O/c21-17-10-15(22)5-6-19(17)25-20-16-4-2-1-3-14(16)9-18(20)24-8-7-13(11-23)12-24/h1-6,10,13,18,20H,7-9,11-12,23H2/t13-,18-,20?/m1/s1. The second kappa shape index (κ2) is 7.28. The van der Waals surface area contributed by atoms with E-state index in [1.54, 1.807) is 0 Å². The number of hydrogen-bond acceptors (Lipinski definition) is 3. The number of likely N-dealkylation sites (tertiary alicyclic amines) is 1. The summed E-state index contributed by atoms with van der Waals surface area (Å²) in [7, 11) is 0. The predicted molar refractivity (Wildman–Crippen MR) is 105 cm³/mol. The maximum Gasteiger partial charge on any atom is 0.140 e. The molecule has 132 valence electrons. The van der Waals surface area contributed by atoms with Crippen molar-refractivity contribution < 1.29 is 4.74 Å². The predicted octanol–water partition coefficient (Wildman–Crippen LogP) is 4.43. The highest BCUT2D eigenvalue weighted by molar-refractivity contribution is 9.10. The van der Waals surface area contributed by atoms with Crippen molar-refractivity contribution in [2.45, 2.75) is 25.0 Å². The highest BCUT2D eigenvalue weighted by Crippen LogP contribution is 2.41. The monoisotopic (exact) mass is 420 g/mol. The van der Waals surface area contributed by atoms with Gasteiger partial charge in [0.1, 0.15) is 11.9 Å². The smallest absolute Gasteiger partial charge is 0.140 e. The summed E-state index contributed by atoms with van der Waals surface area (Å²) in [5, 5.41) is 0.702. The van der Waals surface area contributed by atoms with E-state index in [4.69, 9.17) is 22.1 Å². The second-order valence-corrected chi connectivity index (χ2v) is 8.26. The van der Waals surface area contributed by atoms with Gasteiger partial charge in [-0.25, -0.2) is 0 Å². The average molecular weight is 422 g/mol. The average Bonchev–Trinajstić information content (AvgIpc) is 3.22. The molecule has 1 unspecified atom stereocenters. The summed E-state index contributed by atoms with van der Waals surface area (Å²) in [5.41, 5.74) is 8.58. The van der Waals surface area contributed by atoms with Crippen molar-refractivity contribution in [2.24, 2.45) is 11.7 Å². The van der Waals surface area contributed by atoms with Crippen molar-refractivity contribution in [1.82, 2.24) is 4.90 Å². The van der Waals surface area contributed by atoms with Gasteiger partial charge in [0, 0.05) is 11.6 Å². The van der Waals surface area contributed by atoms with E-state index < -0.39 is 0 Å². The Morgan fingerprint density at radius 1 is 1.24 bits per heavy atom. The fourth-order valence-corrected chi connectivity index (χ4v) is 4.84. The van der Waals surface area contributed by atoms with Gasteiger partial charge in [-0.05, 0) is 77.1 Å². The van der Waals surface area contributed by atoms with Gasteiger partial charge < -0.3 is 10.5 Å². The largest absolute Gasteiger partial charge is 0.483 e. The Labute approximate surface area is 162 Å². The third-order valence-electron chi connectivity index (χ3n) is 5.41. The molecule has 0 spiro atoms. The van der Waals surface area contributed by atoms with E-state index in [0.29, 0.717) is 17.0 Å². The van der Waals surface area contributed by atoms with Gasteiger partial charge in [-0.2, -0.15) is 0 Å². The molecule has 2 aromatic rings. The quantitative estimate of drug-likeness (QED) is 0.794. The molecule has 0 aromatic heterocycles. The van der Waals surface area contributed by atoms with Crippen molar-refractivity contribution in [3.63, 3.8) is 0 Å². The molecule has 2 N–H and O–H groups in total. The molecule has 2 aromatic carbocycles. The van der Waals surface area contributed by atoms with Gasteiger partial charge in [-0.3, -0.25) is 4.90 Å². The zero-order chi connectivity index (χ0) is 17.4. The van der Waals surface area contributed by atoms with Gasteiger partial charge in [0.2, 0.25) is 0 Å². The molecule has 0 amide bonds. The van der Waals surface area contributed by atoms with Crippen LogP contribution >= 0.6 is 27.5 Å². The van der Waals surface area contributed by atoms with E-state index in [0.717, 1.165) is 36.3 Å². The molecule has 4 rings (SSSR count). The number of nitrogens with zero attached hydrogens (tertiary/aromatic N) is 1. The topological polar surface area (TPSA) is 38.5 Å². The third kappa shape index (κ3) is 3.45. The molecular weight excluding hydrogens is 400 g/mol. The molecule has 5 heteroatoms. The number of nitrogens with two attached hydrogens (primary N) is 1. The van der Waals surface area contributed by atoms with Crippen LogP contribution in [0.5, 0.6) is 5.75 Å². The fraction of sp³-hybridized carbons (Fsp3) is 0.400. The van der Waals surface area contributed by atoms with Crippen LogP contribution in [0.25, 0.3) is 0 Å². The Bertz CT molecular complexity index is 769. The molecular formula is C20H22BrClN2O. The van der Waals surface area contributed by atoms with Crippen LogP contribution in [0.15, 0.2) is 46.9 Å². The van der Waals surface area contributed by atoms with Crippen LogP contribution < -0.4 is 10.5 Å². The van der Waals surface area contributed by atoms with Crippen molar-refractivity contribution in [2.75, 3.05) is 19.6 Å². The number of hydrogen-bond donors (Lipinski definition) is 1. The Morgan fingerprint density at radius 2 is 2.08 bits per heavy atom. The summed E-state index contributed by atoms with van der Waals surface area (Å²) in [4.78, 5) is 2.56. The molecule has 3 nitrogen and oxygen atoms in total. The first kappa shape index (κ1) is 17.3. The van der Waals surface area contributed by atoms with E-state index in [9.17, 15) is 0 Å². The zero-order valence-corrected chi connectivity index (χ0v) is 16.3. The molecule has 25 heavy (non-hydrogen) atoms. The first-order chi connectivity index (χ1) is 12.2. The molecule has 1 fully saturated rings. The van der Waals surface area contributed by atoms with Crippen LogP contribution in [0.1, 0.15) is 23.7 Å². The van der Waals surface area contributed by atoms with Gasteiger partial charge in [0.05, 0.1) is 10.5 Å². The van der Waals surface area contributed by atoms with Crippen LogP contribution in [0.4, 0.5) is 0 Å². The summed E-state index contributed by atoms with van der Waals surface area (Å²) in [6.45, 7) is 2.93. The van der Waals surface area contributed by atoms with Crippen LogP contribution in [-0.4, -0.2) is 30.6 Å². The summed E-state index contributed by atoms with van der Waals surface area (Å²) in [5.74, 6) is 1.44. The first-order valence-electron chi connectivity index (χ1n) is 8.79.